The summed E-state index contributed by atoms with van der Waals surface area (Å²) in [6.07, 6.45) is 3.57. The first-order chi connectivity index (χ1) is 11.2. The van der Waals surface area contributed by atoms with E-state index >= 15 is 0 Å². The molecule has 0 aliphatic heterocycles. The van der Waals surface area contributed by atoms with Crippen LogP contribution in [0.2, 0.25) is 5.02 Å². The third-order valence-electron chi connectivity index (χ3n) is 3.28. The normalized spacial score (nSPS) is 10.9. The molecule has 7 heteroatoms. The number of nitrogens with zero attached hydrogens (tertiary/aromatic N) is 3. The fourth-order valence-corrected chi connectivity index (χ4v) is 2.55. The molecule has 0 fully saturated rings. The Hall–Kier alpha value is -2.31. The number of ether oxygens (including phenoxy) is 1. The molecule has 0 unspecified atom stereocenters. The fraction of sp³-hybridized carbons (Fsp3) is 0.250. The van der Waals surface area contributed by atoms with Crippen LogP contribution in [-0.2, 0) is 0 Å². The number of hydrogen-bond acceptors (Lipinski definition) is 5. The van der Waals surface area contributed by atoms with Crippen LogP contribution in [0.25, 0.3) is 16.8 Å². The van der Waals surface area contributed by atoms with Crippen molar-refractivity contribution in [3.05, 3.63) is 41.7 Å². The minimum atomic E-state index is 0.0466. The average molecular weight is 333 g/mol. The van der Waals surface area contributed by atoms with Crippen molar-refractivity contribution in [1.29, 1.82) is 0 Å². The van der Waals surface area contributed by atoms with E-state index in [1.165, 1.54) is 0 Å². The van der Waals surface area contributed by atoms with E-state index in [9.17, 15) is 0 Å². The lowest BCUT2D eigenvalue weighted by molar-refractivity contribution is 0.311. The Morgan fingerprint density at radius 3 is 3.00 bits per heavy atom. The maximum Gasteiger partial charge on any atom is 0.165 e. The zero-order chi connectivity index (χ0) is 16.2. The number of rotatable bonds is 6. The van der Waals surface area contributed by atoms with Gasteiger partial charge in [0.2, 0.25) is 0 Å². The van der Waals surface area contributed by atoms with Crippen molar-refractivity contribution in [2.45, 2.75) is 6.92 Å². The molecule has 23 heavy (non-hydrogen) atoms. The predicted octanol–water partition coefficient (Wildman–Crippen LogP) is 2.85. The Labute approximate surface area is 138 Å². The average Bonchev–Trinajstić information content (AvgIpc) is 2.96. The number of aromatic nitrogens is 3. The lowest BCUT2D eigenvalue weighted by Crippen LogP contribution is -2.07. The van der Waals surface area contributed by atoms with Gasteiger partial charge < -0.3 is 15.2 Å². The Morgan fingerprint density at radius 1 is 1.35 bits per heavy atom. The van der Waals surface area contributed by atoms with Crippen molar-refractivity contribution in [2.75, 3.05) is 25.1 Å². The Kier molecular flexibility index (Phi) is 4.64. The summed E-state index contributed by atoms with van der Waals surface area (Å²) in [7, 11) is 0. The molecular weight excluding hydrogens is 316 g/mol. The molecule has 0 spiro atoms. The summed E-state index contributed by atoms with van der Waals surface area (Å²) < 4.78 is 7.24. The summed E-state index contributed by atoms with van der Waals surface area (Å²) in [5, 5.41) is 16.9. The van der Waals surface area contributed by atoms with Crippen molar-refractivity contribution in [2.24, 2.45) is 0 Å². The molecule has 2 N–H and O–H groups in total. The monoisotopic (exact) mass is 332 g/mol. The number of aliphatic hydroxyl groups excluding tert-OH is 1. The SMILES string of the molecule is CCOc1cc(Cl)cc(-c2cnn3ccc(NCCO)nc23)c1. The van der Waals surface area contributed by atoms with Crippen LogP contribution in [0.15, 0.2) is 36.7 Å². The van der Waals surface area contributed by atoms with E-state index in [-0.39, 0.29) is 6.61 Å². The second kappa shape index (κ2) is 6.85. The molecule has 3 aromatic rings. The number of hydrogen-bond donors (Lipinski definition) is 2. The highest BCUT2D eigenvalue weighted by Crippen LogP contribution is 2.30. The Balaban J connectivity index is 2.05. The summed E-state index contributed by atoms with van der Waals surface area (Å²) in [5.74, 6) is 1.39. The van der Waals surface area contributed by atoms with Crippen molar-refractivity contribution >= 4 is 23.1 Å². The van der Waals surface area contributed by atoms with Gasteiger partial charge in [0, 0.05) is 23.3 Å². The van der Waals surface area contributed by atoms with Crippen LogP contribution < -0.4 is 10.1 Å². The van der Waals surface area contributed by atoms with E-state index in [2.05, 4.69) is 15.4 Å². The van der Waals surface area contributed by atoms with Crippen LogP contribution >= 0.6 is 11.6 Å². The molecule has 1 aromatic carbocycles. The molecule has 0 aliphatic rings. The smallest absolute Gasteiger partial charge is 0.165 e. The molecule has 0 radical (unpaired) electrons. The molecule has 6 nitrogen and oxygen atoms in total. The summed E-state index contributed by atoms with van der Waals surface area (Å²) in [6.45, 7) is 2.99. The summed E-state index contributed by atoms with van der Waals surface area (Å²) in [6, 6.07) is 7.36. The molecule has 120 valence electrons. The van der Waals surface area contributed by atoms with Crippen LogP contribution in [-0.4, -0.2) is 39.5 Å². The molecular formula is C16H17ClN4O2. The molecule has 0 saturated heterocycles. The molecule has 3 rings (SSSR count). The van der Waals surface area contributed by atoms with Gasteiger partial charge in [-0.15, -0.1) is 0 Å². The van der Waals surface area contributed by atoms with Gasteiger partial charge >= 0.3 is 0 Å². The van der Waals surface area contributed by atoms with Crippen molar-refractivity contribution in [1.82, 2.24) is 14.6 Å². The fourth-order valence-electron chi connectivity index (χ4n) is 2.32. The van der Waals surface area contributed by atoms with E-state index in [0.717, 1.165) is 11.1 Å². The van der Waals surface area contributed by atoms with Crippen LogP contribution in [0.3, 0.4) is 0 Å². The lowest BCUT2D eigenvalue weighted by Gasteiger charge is -2.07. The molecule has 0 aliphatic carbocycles. The highest BCUT2D eigenvalue weighted by Gasteiger charge is 2.11. The highest BCUT2D eigenvalue weighted by molar-refractivity contribution is 6.31. The molecule has 0 bridgehead atoms. The van der Waals surface area contributed by atoms with Gasteiger partial charge in [0.25, 0.3) is 0 Å². The Morgan fingerprint density at radius 2 is 2.22 bits per heavy atom. The summed E-state index contributed by atoms with van der Waals surface area (Å²) in [4.78, 5) is 4.55. The number of aliphatic hydroxyl groups is 1. The number of nitrogens with one attached hydrogen (secondary N) is 1. The summed E-state index contributed by atoms with van der Waals surface area (Å²) >= 11 is 6.19. The van der Waals surface area contributed by atoms with E-state index in [1.807, 2.05) is 31.3 Å². The highest BCUT2D eigenvalue weighted by atomic mass is 35.5. The van der Waals surface area contributed by atoms with Crippen LogP contribution in [0, 0.1) is 0 Å². The number of anilines is 1. The summed E-state index contributed by atoms with van der Waals surface area (Å²) in [5.41, 5.74) is 2.46. The number of fused-ring (bicyclic) bond motifs is 1. The van der Waals surface area contributed by atoms with Crippen molar-refractivity contribution in [3.8, 4) is 16.9 Å². The first kappa shape index (κ1) is 15.6. The molecule has 0 atom stereocenters. The molecule has 0 amide bonds. The quantitative estimate of drug-likeness (QED) is 0.726. The standard InChI is InChI=1S/C16H17ClN4O2/c1-2-23-13-8-11(7-12(17)9-13)14-10-19-21-5-3-15(18-4-6-22)20-16(14)21/h3,5,7-10,22H,2,4,6H2,1H3,(H,18,20). The van der Waals surface area contributed by atoms with Crippen LogP contribution in [0.4, 0.5) is 5.82 Å². The third-order valence-corrected chi connectivity index (χ3v) is 3.50. The Bertz CT molecular complexity index is 819. The van der Waals surface area contributed by atoms with Crippen LogP contribution in [0.1, 0.15) is 6.92 Å². The minimum Gasteiger partial charge on any atom is -0.494 e. The first-order valence-corrected chi connectivity index (χ1v) is 7.72. The second-order valence-electron chi connectivity index (χ2n) is 4.90. The maximum absolute atomic E-state index is 8.91. The van der Waals surface area contributed by atoms with E-state index in [4.69, 9.17) is 21.4 Å². The molecule has 2 aromatic heterocycles. The van der Waals surface area contributed by atoms with Gasteiger partial charge in [-0.05, 0) is 36.8 Å². The maximum atomic E-state index is 8.91. The number of benzene rings is 1. The lowest BCUT2D eigenvalue weighted by atomic mass is 10.1. The van der Waals surface area contributed by atoms with Gasteiger partial charge in [-0.2, -0.15) is 5.10 Å². The third kappa shape index (κ3) is 3.38. The van der Waals surface area contributed by atoms with Crippen molar-refractivity contribution < 1.29 is 9.84 Å². The van der Waals surface area contributed by atoms with E-state index in [0.29, 0.717) is 35.4 Å². The van der Waals surface area contributed by atoms with Crippen molar-refractivity contribution in [3.63, 3.8) is 0 Å². The van der Waals surface area contributed by atoms with Gasteiger partial charge in [-0.25, -0.2) is 9.50 Å². The zero-order valence-corrected chi connectivity index (χ0v) is 13.4. The second-order valence-corrected chi connectivity index (χ2v) is 5.33. The molecule has 0 saturated carbocycles. The number of halogens is 1. The predicted molar refractivity (Wildman–Crippen MR) is 90.2 cm³/mol. The molecule has 2 heterocycles. The van der Waals surface area contributed by atoms with Gasteiger partial charge in [0.15, 0.2) is 5.65 Å². The van der Waals surface area contributed by atoms with Crippen LogP contribution in [0.5, 0.6) is 5.75 Å². The minimum absolute atomic E-state index is 0.0466. The van der Waals surface area contributed by atoms with Gasteiger partial charge in [0.05, 0.1) is 19.4 Å². The van der Waals surface area contributed by atoms with Gasteiger partial charge in [-0.1, -0.05) is 11.6 Å². The van der Waals surface area contributed by atoms with E-state index in [1.54, 1.807) is 16.8 Å². The topological polar surface area (TPSA) is 71.7 Å². The van der Waals surface area contributed by atoms with Gasteiger partial charge in [-0.3, -0.25) is 0 Å². The van der Waals surface area contributed by atoms with E-state index < -0.39 is 0 Å². The first-order valence-electron chi connectivity index (χ1n) is 7.34. The van der Waals surface area contributed by atoms with Gasteiger partial charge in [0.1, 0.15) is 11.6 Å². The largest absolute Gasteiger partial charge is 0.494 e. The zero-order valence-electron chi connectivity index (χ0n) is 12.7.